The van der Waals surface area contributed by atoms with Gasteiger partial charge in [0.2, 0.25) is 0 Å². The second kappa shape index (κ2) is 6.90. The van der Waals surface area contributed by atoms with Gasteiger partial charge in [0.1, 0.15) is 12.4 Å². The number of carbonyl (C=O) groups is 1. The van der Waals surface area contributed by atoms with Crippen LogP contribution in [0.3, 0.4) is 0 Å². The molecule has 110 valence electrons. The number of aliphatic hydroxyl groups is 1. The molecule has 2 aromatic rings. The van der Waals surface area contributed by atoms with Gasteiger partial charge in [-0.05, 0) is 42.3 Å². The number of ether oxygens (including phenoxy) is 2. The molecule has 0 saturated carbocycles. The molecule has 0 fully saturated rings. The first-order valence-electron chi connectivity index (χ1n) is 6.68. The SMILES string of the molecule is COC(=O)c1ccc(COc2ccc([C@H](C)O)cc2)cc1. The van der Waals surface area contributed by atoms with E-state index >= 15 is 0 Å². The van der Waals surface area contributed by atoms with Crippen LogP contribution in [0.5, 0.6) is 5.75 Å². The molecular formula is C17H18O4. The van der Waals surface area contributed by atoms with Gasteiger partial charge in [-0.1, -0.05) is 24.3 Å². The molecule has 0 radical (unpaired) electrons. The first kappa shape index (κ1) is 15.1. The number of aliphatic hydroxyl groups excluding tert-OH is 1. The Kier molecular flexibility index (Phi) is 4.95. The summed E-state index contributed by atoms with van der Waals surface area (Å²) in [6.07, 6.45) is -0.482. The van der Waals surface area contributed by atoms with Crippen molar-refractivity contribution < 1.29 is 19.4 Å². The van der Waals surface area contributed by atoms with Crippen molar-refractivity contribution in [1.29, 1.82) is 0 Å². The number of hydrogen-bond acceptors (Lipinski definition) is 4. The molecule has 0 amide bonds. The normalized spacial score (nSPS) is 11.8. The molecule has 0 bridgehead atoms. The summed E-state index contributed by atoms with van der Waals surface area (Å²) >= 11 is 0. The average molecular weight is 286 g/mol. The molecule has 0 spiro atoms. The number of methoxy groups -OCH3 is 1. The van der Waals surface area contributed by atoms with Crippen molar-refractivity contribution in [3.63, 3.8) is 0 Å². The van der Waals surface area contributed by atoms with Crippen molar-refractivity contribution in [1.82, 2.24) is 0 Å². The highest BCUT2D eigenvalue weighted by atomic mass is 16.5. The minimum absolute atomic E-state index is 0.351. The zero-order chi connectivity index (χ0) is 15.2. The fraction of sp³-hybridized carbons (Fsp3) is 0.235. The summed E-state index contributed by atoms with van der Waals surface area (Å²) in [7, 11) is 1.36. The second-order valence-electron chi connectivity index (χ2n) is 4.72. The third-order valence-electron chi connectivity index (χ3n) is 3.14. The van der Waals surface area contributed by atoms with Crippen LogP contribution in [0, 0.1) is 0 Å². The molecule has 0 unspecified atom stereocenters. The predicted octanol–water partition coefficient (Wildman–Crippen LogP) is 3.11. The molecule has 0 aliphatic carbocycles. The first-order chi connectivity index (χ1) is 10.1. The lowest BCUT2D eigenvalue weighted by molar-refractivity contribution is 0.0600. The maximum absolute atomic E-state index is 11.3. The van der Waals surface area contributed by atoms with E-state index in [1.54, 1.807) is 19.1 Å². The van der Waals surface area contributed by atoms with Crippen LogP contribution >= 0.6 is 0 Å². The second-order valence-corrected chi connectivity index (χ2v) is 4.72. The van der Waals surface area contributed by atoms with Crippen LogP contribution in [0.4, 0.5) is 0 Å². The summed E-state index contributed by atoms with van der Waals surface area (Å²) in [6, 6.07) is 14.4. The summed E-state index contributed by atoms with van der Waals surface area (Å²) in [6.45, 7) is 2.13. The summed E-state index contributed by atoms with van der Waals surface area (Å²) < 4.78 is 10.3. The highest BCUT2D eigenvalue weighted by Crippen LogP contribution is 2.18. The summed E-state index contributed by atoms with van der Waals surface area (Å²) in [5, 5.41) is 9.44. The van der Waals surface area contributed by atoms with E-state index in [0.29, 0.717) is 12.2 Å². The predicted molar refractivity (Wildman–Crippen MR) is 79.2 cm³/mol. The third kappa shape index (κ3) is 4.07. The van der Waals surface area contributed by atoms with Gasteiger partial charge in [-0.25, -0.2) is 4.79 Å². The monoisotopic (exact) mass is 286 g/mol. The van der Waals surface area contributed by atoms with Gasteiger partial charge < -0.3 is 14.6 Å². The Bertz CT molecular complexity index is 585. The summed E-state index contributed by atoms with van der Waals surface area (Å²) in [5.41, 5.74) is 2.33. The largest absolute Gasteiger partial charge is 0.489 e. The molecule has 1 N–H and O–H groups in total. The van der Waals surface area contributed by atoms with E-state index in [1.807, 2.05) is 36.4 Å². The molecule has 4 heteroatoms. The Morgan fingerprint density at radius 3 is 2.24 bits per heavy atom. The molecule has 21 heavy (non-hydrogen) atoms. The van der Waals surface area contributed by atoms with E-state index in [-0.39, 0.29) is 5.97 Å². The van der Waals surface area contributed by atoms with Crippen LogP contribution in [-0.2, 0) is 11.3 Å². The maximum Gasteiger partial charge on any atom is 0.337 e. The first-order valence-corrected chi connectivity index (χ1v) is 6.68. The van der Waals surface area contributed by atoms with Crippen LogP contribution in [-0.4, -0.2) is 18.2 Å². The smallest absolute Gasteiger partial charge is 0.337 e. The number of esters is 1. The van der Waals surface area contributed by atoms with Gasteiger partial charge in [0.15, 0.2) is 0 Å². The topological polar surface area (TPSA) is 55.8 Å². The molecule has 0 aliphatic heterocycles. The molecule has 1 atom stereocenters. The summed E-state index contributed by atoms with van der Waals surface area (Å²) in [4.78, 5) is 11.3. The third-order valence-corrected chi connectivity index (χ3v) is 3.14. The lowest BCUT2D eigenvalue weighted by Crippen LogP contribution is -2.02. The van der Waals surface area contributed by atoms with Crippen LogP contribution in [0.1, 0.15) is 34.5 Å². The van der Waals surface area contributed by atoms with Crippen LogP contribution in [0.25, 0.3) is 0 Å². The van der Waals surface area contributed by atoms with Gasteiger partial charge in [-0.3, -0.25) is 0 Å². The minimum Gasteiger partial charge on any atom is -0.489 e. The number of benzene rings is 2. The van der Waals surface area contributed by atoms with Gasteiger partial charge >= 0.3 is 5.97 Å². The Morgan fingerprint density at radius 1 is 1.10 bits per heavy atom. The van der Waals surface area contributed by atoms with Crippen LogP contribution in [0.15, 0.2) is 48.5 Å². The molecule has 2 rings (SSSR count). The highest BCUT2D eigenvalue weighted by Gasteiger charge is 2.05. The Hall–Kier alpha value is -2.33. The Labute approximate surface area is 123 Å². The summed E-state index contributed by atoms with van der Waals surface area (Å²) in [5.74, 6) is 0.382. The van der Waals surface area contributed by atoms with Gasteiger partial charge in [-0.2, -0.15) is 0 Å². The number of carbonyl (C=O) groups excluding carboxylic acids is 1. The quantitative estimate of drug-likeness (QED) is 0.858. The van der Waals surface area contributed by atoms with Crippen molar-refractivity contribution in [3.8, 4) is 5.75 Å². The van der Waals surface area contributed by atoms with Gasteiger partial charge in [-0.15, -0.1) is 0 Å². The van der Waals surface area contributed by atoms with E-state index in [0.717, 1.165) is 16.9 Å². The van der Waals surface area contributed by atoms with Crippen LogP contribution < -0.4 is 4.74 Å². The molecule has 0 saturated heterocycles. The van der Waals surface area contributed by atoms with E-state index in [4.69, 9.17) is 4.74 Å². The number of rotatable bonds is 5. The van der Waals surface area contributed by atoms with Crippen molar-refractivity contribution in [2.24, 2.45) is 0 Å². The fourth-order valence-corrected chi connectivity index (χ4v) is 1.86. The zero-order valence-corrected chi connectivity index (χ0v) is 12.1. The van der Waals surface area contributed by atoms with Gasteiger partial charge in [0, 0.05) is 0 Å². The number of hydrogen-bond donors (Lipinski definition) is 1. The van der Waals surface area contributed by atoms with Crippen molar-refractivity contribution in [3.05, 3.63) is 65.2 Å². The molecule has 0 heterocycles. The highest BCUT2D eigenvalue weighted by molar-refractivity contribution is 5.89. The molecule has 4 nitrogen and oxygen atoms in total. The zero-order valence-electron chi connectivity index (χ0n) is 12.1. The van der Waals surface area contributed by atoms with E-state index in [2.05, 4.69) is 4.74 Å². The lowest BCUT2D eigenvalue weighted by Gasteiger charge is -2.09. The molecule has 2 aromatic carbocycles. The van der Waals surface area contributed by atoms with Crippen molar-refractivity contribution >= 4 is 5.97 Å². The Balaban J connectivity index is 1.95. The van der Waals surface area contributed by atoms with Crippen LogP contribution in [0.2, 0.25) is 0 Å². The van der Waals surface area contributed by atoms with E-state index < -0.39 is 6.10 Å². The van der Waals surface area contributed by atoms with Gasteiger partial charge in [0.05, 0.1) is 18.8 Å². The minimum atomic E-state index is -0.482. The van der Waals surface area contributed by atoms with E-state index in [1.165, 1.54) is 7.11 Å². The van der Waals surface area contributed by atoms with Gasteiger partial charge in [0.25, 0.3) is 0 Å². The molecule has 0 aromatic heterocycles. The molecule has 0 aliphatic rings. The fourth-order valence-electron chi connectivity index (χ4n) is 1.86. The molecular weight excluding hydrogens is 268 g/mol. The standard InChI is InChI=1S/C17H18O4/c1-12(18)14-7-9-16(10-8-14)21-11-13-3-5-15(6-4-13)17(19)20-2/h3-10,12,18H,11H2,1-2H3/t12-/m0/s1. The lowest BCUT2D eigenvalue weighted by atomic mass is 10.1. The van der Waals surface area contributed by atoms with Crippen molar-refractivity contribution in [2.75, 3.05) is 7.11 Å². The van der Waals surface area contributed by atoms with E-state index in [9.17, 15) is 9.90 Å². The maximum atomic E-state index is 11.3. The average Bonchev–Trinajstić information content (AvgIpc) is 2.53. The Morgan fingerprint density at radius 2 is 1.71 bits per heavy atom. The van der Waals surface area contributed by atoms with Crippen molar-refractivity contribution in [2.45, 2.75) is 19.6 Å².